The zero-order valence-electron chi connectivity index (χ0n) is 15.2. The molecule has 1 unspecified atom stereocenters. The summed E-state index contributed by atoms with van der Waals surface area (Å²) in [6.07, 6.45) is 7.33. The second-order valence-corrected chi connectivity index (χ2v) is 10.0. The molecule has 0 heterocycles. The molecule has 4 nitrogen and oxygen atoms in total. The fourth-order valence-electron chi connectivity index (χ4n) is 7.93. The van der Waals surface area contributed by atoms with Crippen LogP contribution in [0, 0.1) is 34.0 Å². The van der Waals surface area contributed by atoms with Crippen LogP contribution in [-0.2, 0) is 0 Å². The molecule has 4 N–H and O–H groups in total. The molecule has 2 bridgehead atoms. The molecule has 1 spiro atoms. The number of hydrogen-bond donors (Lipinski definition) is 4. The minimum atomic E-state index is -0.886. The lowest BCUT2D eigenvalue weighted by molar-refractivity contribution is -0.216. The van der Waals surface area contributed by atoms with Gasteiger partial charge in [0.2, 0.25) is 0 Å². The largest absolute Gasteiger partial charge is 0.396 e. The number of rotatable bonds is 2. The lowest BCUT2D eigenvalue weighted by Crippen LogP contribution is -2.63. The van der Waals surface area contributed by atoms with Gasteiger partial charge in [-0.1, -0.05) is 13.8 Å². The van der Waals surface area contributed by atoms with Gasteiger partial charge in [0.25, 0.3) is 0 Å². The summed E-state index contributed by atoms with van der Waals surface area (Å²) in [5.41, 5.74) is -0.949. The predicted molar refractivity (Wildman–Crippen MR) is 91.2 cm³/mol. The Morgan fingerprint density at radius 3 is 2.33 bits per heavy atom. The molecule has 0 amide bonds. The molecule has 4 fully saturated rings. The molecule has 0 saturated heterocycles. The minimum absolute atomic E-state index is 0.0547. The van der Waals surface area contributed by atoms with E-state index in [9.17, 15) is 20.4 Å². The SMILES string of the molecule is C[C@@]1(CO)[C@@H](O)CC[C@@]2(C)[C@H]1CC[C@H]1C[C@@H]3CC12CC[C@]3(O)CO. The summed E-state index contributed by atoms with van der Waals surface area (Å²) in [6.45, 7) is 4.43. The molecular formula is C20H34O4. The number of hydrogen-bond acceptors (Lipinski definition) is 4. The number of aliphatic hydroxyl groups excluding tert-OH is 3. The van der Waals surface area contributed by atoms with Crippen LogP contribution in [0.4, 0.5) is 0 Å². The molecule has 0 aromatic rings. The van der Waals surface area contributed by atoms with E-state index in [0.717, 1.165) is 44.9 Å². The van der Waals surface area contributed by atoms with Crippen molar-refractivity contribution in [2.24, 2.45) is 34.0 Å². The Morgan fingerprint density at radius 2 is 1.67 bits per heavy atom. The maximum Gasteiger partial charge on any atom is 0.0905 e. The van der Waals surface area contributed by atoms with Gasteiger partial charge in [0.1, 0.15) is 0 Å². The van der Waals surface area contributed by atoms with E-state index in [1.807, 2.05) is 0 Å². The molecule has 8 atom stereocenters. The van der Waals surface area contributed by atoms with Gasteiger partial charge in [-0.05, 0) is 80.0 Å². The standard InChI is InChI=1S/C20H34O4/c1-17(11-21)15-4-3-13-9-14-10-19(13,7-8-20(14,24)12-22)18(15,2)6-5-16(17)23/h13-16,21-24H,3-12H2,1-2H3/t13-,14+,15-,16-,17-,18-,19?,20-/m0/s1. The zero-order chi connectivity index (χ0) is 17.4. The fourth-order valence-corrected chi connectivity index (χ4v) is 7.93. The van der Waals surface area contributed by atoms with Crippen molar-refractivity contribution in [1.29, 1.82) is 0 Å². The molecule has 0 aromatic carbocycles. The van der Waals surface area contributed by atoms with Gasteiger partial charge in [0.15, 0.2) is 0 Å². The predicted octanol–water partition coefficient (Wildman–Crippen LogP) is 2.09. The first-order chi connectivity index (χ1) is 11.3. The molecule has 0 aliphatic heterocycles. The molecule has 4 aliphatic carbocycles. The van der Waals surface area contributed by atoms with Gasteiger partial charge in [-0.3, -0.25) is 0 Å². The van der Waals surface area contributed by atoms with E-state index in [0.29, 0.717) is 18.3 Å². The van der Waals surface area contributed by atoms with Crippen LogP contribution in [0.25, 0.3) is 0 Å². The van der Waals surface area contributed by atoms with Crippen LogP contribution in [-0.4, -0.2) is 45.3 Å². The minimum Gasteiger partial charge on any atom is -0.396 e. The van der Waals surface area contributed by atoms with Crippen LogP contribution in [0.15, 0.2) is 0 Å². The summed E-state index contributed by atoms with van der Waals surface area (Å²) < 4.78 is 0. The summed E-state index contributed by atoms with van der Waals surface area (Å²) in [4.78, 5) is 0. The highest BCUT2D eigenvalue weighted by atomic mass is 16.3. The smallest absolute Gasteiger partial charge is 0.0905 e. The third-order valence-corrected chi connectivity index (χ3v) is 9.54. The molecule has 4 heteroatoms. The summed E-state index contributed by atoms with van der Waals surface area (Å²) in [6, 6.07) is 0. The Morgan fingerprint density at radius 1 is 0.917 bits per heavy atom. The van der Waals surface area contributed by atoms with Crippen LogP contribution >= 0.6 is 0 Å². The van der Waals surface area contributed by atoms with E-state index < -0.39 is 17.1 Å². The lowest BCUT2D eigenvalue weighted by atomic mass is 9.39. The molecule has 0 aromatic heterocycles. The fraction of sp³-hybridized carbons (Fsp3) is 1.00. The van der Waals surface area contributed by atoms with Gasteiger partial charge in [-0.25, -0.2) is 0 Å². The van der Waals surface area contributed by atoms with Crippen molar-refractivity contribution in [2.45, 2.75) is 76.9 Å². The van der Waals surface area contributed by atoms with Gasteiger partial charge in [0, 0.05) is 5.41 Å². The Hall–Kier alpha value is -0.160. The topological polar surface area (TPSA) is 80.9 Å². The van der Waals surface area contributed by atoms with Gasteiger partial charge < -0.3 is 20.4 Å². The van der Waals surface area contributed by atoms with E-state index in [4.69, 9.17) is 0 Å². The Kier molecular flexibility index (Phi) is 3.73. The highest BCUT2D eigenvalue weighted by Gasteiger charge is 2.70. The average Bonchev–Trinajstić information content (AvgIpc) is 2.93. The highest BCUT2D eigenvalue weighted by molar-refractivity contribution is 5.19. The van der Waals surface area contributed by atoms with Gasteiger partial charge in [-0.15, -0.1) is 0 Å². The Labute approximate surface area is 145 Å². The van der Waals surface area contributed by atoms with Crippen LogP contribution in [0.2, 0.25) is 0 Å². The number of fused-ring (bicyclic) bond motifs is 2. The summed E-state index contributed by atoms with van der Waals surface area (Å²) in [5, 5.41) is 41.3. The van der Waals surface area contributed by atoms with Gasteiger partial charge in [0.05, 0.1) is 24.9 Å². The first-order valence-corrected chi connectivity index (χ1v) is 9.88. The van der Waals surface area contributed by atoms with Crippen molar-refractivity contribution in [2.75, 3.05) is 13.2 Å². The van der Waals surface area contributed by atoms with Crippen molar-refractivity contribution < 1.29 is 20.4 Å². The maximum absolute atomic E-state index is 10.9. The molecule has 4 rings (SSSR count). The first-order valence-electron chi connectivity index (χ1n) is 9.88. The molecule has 4 aliphatic rings. The van der Waals surface area contributed by atoms with E-state index in [-0.39, 0.29) is 30.0 Å². The van der Waals surface area contributed by atoms with Crippen molar-refractivity contribution in [3.63, 3.8) is 0 Å². The highest BCUT2D eigenvalue weighted by Crippen LogP contribution is 2.75. The van der Waals surface area contributed by atoms with E-state index >= 15 is 0 Å². The summed E-state index contributed by atoms with van der Waals surface area (Å²) in [5.74, 6) is 1.18. The zero-order valence-corrected chi connectivity index (χ0v) is 15.2. The summed E-state index contributed by atoms with van der Waals surface area (Å²) >= 11 is 0. The maximum atomic E-state index is 10.9. The van der Waals surface area contributed by atoms with E-state index in [1.54, 1.807) is 0 Å². The van der Waals surface area contributed by atoms with Crippen molar-refractivity contribution in [3.05, 3.63) is 0 Å². The number of aliphatic hydroxyl groups is 4. The Bertz CT molecular complexity index is 524. The van der Waals surface area contributed by atoms with Crippen LogP contribution in [0.3, 0.4) is 0 Å². The van der Waals surface area contributed by atoms with Crippen LogP contribution < -0.4 is 0 Å². The Balaban J connectivity index is 1.74. The van der Waals surface area contributed by atoms with Crippen molar-refractivity contribution >= 4 is 0 Å². The van der Waals surface area contributed by atoms with Crippen molar-refractivity contribution in [3.8, 4) is 0 Å². The third-order valence-electron chi connectivity index (χ3n) is 9.54. The quantitative estimate of drug-likeness (QED) is 0.621. The molecule has 4 saturated carbocycles. The molecule has 24 heavy (non-hydrogen) atoms. The normalized spacial score (nSPS) is 59.8. The second kappa shape index (κ2) is 5.18. The second-order valence-electron chi connectivity index (χ2n) is 10.0. The molecule has 0 radical (unpaired) electrons. The van der Waals surface area contributed by atoms with Crippen LogP contribution in [0.5, 0.6) is 0 Å². The van der Waals surface area contributed by atoms with Gasteiger partial charge >= 0.3 is 0 Å². The van der Waals surface area contributed by atoms with Crippen molar-refractivity contribution in [1.82, 2.24) is 0 Å². The third kappa shape index (κ3) is 1.84. The summed E-state index contributed by atoms with van der Waals surface area (Å²) in [7, 11) is 0. The monoisotopic (exact) mass is 338 g/mol. The molecule has 138 valence electrons. The van der Waals surface area contributed by atoms with E-state index in [2.05, 4.69) is 13.8 Å². The molecular weight excluding hydrogens is 304 g/mol. The lowest BCUT2D eigenvalue weighted by Gasteiger charge is -2.66. The van der Waals surface area contributed by atoms with Gasteiger partial charge in [-0.2, -0.15) is 0 Å². The first kappa shape index (κ1) is 17.3. The van der Waals surface area contributed by atoms with Crippen LogP contribution in [0.1, 0.15) is 65.2 Å². The average molecular weight is 338 g/mol. The van der Waals surface area contributed by atoms with E-state index in [1.165, 1.54) is 0 Å².